The lowest BCUT2D eigenvalue weighted by molar-refractivity contribution is -0.120. The molecule has 1 aromatic carbocycles. The first-order chi connectivity index (χ1) is 8.93. The van der Waals surface area contributed by atoms with Crippen molar-refractivity contribution in [3.63, 3.8) is 0 Å². The summed E-state index contributed by atoms with van der Waals surface area (Å²) >= 11 is 4.97. The molecule has 3 nitrogen and oxygen atoms in total. The van der Waals surface area contributed by atoms with E-state index in [4.69, 9.17) is 18.0 Å². The molecule has 1 rings (SSSR count). The second-order valence-corrected chi connectivity index (χ2v) is 5.38. The van der Waals surface area contributed by atoms with Crippen LogP contribution in [-0.2, 0) is 11.2 Å². The number of hydrogen-bond acceptors (Lipinski definition) is 2. The molecule has 1 unspecified atom stereocenters. The van der Waals surface area contributed by atoms with Crippen LogP contribution in [0.4, 0.5) is 0 Å². The zero-order chi connectivity index (χ0) is 14.4. The molecule has 0 bridgehead atoms. The molecular weight excluding hydrogens is 256 g/mol. The van der Waals surface area contributed by atoms with Crippen molar-refractivity contribution in [1.82, 2.24) is 5.32 Å². The van der Waals surface area contributed by atoms with Gasteiger partial charge in [-0.25, -0.2) is 0 Å². The highest BCUT2D eigenvalue weighted by molar-refractivity contribution is 7.80. The van der Waals surface area contributed by atoms with E-state index in [-0.39, 0.29) is 11.9 Å². The van der Waals surface area contributed by atoms with Crippen LogP contribution in [0.25, 0.3) is 0 Å². The molecule has 0 aliphatic carbocycles. The van der Waals surface area contributed by atoms with E-state index in [1.54, 1.807) is 0 Å². The van der Waals surface area contributed by atoms with Gasteiger partial charge in [-0.05, 0) is 37.0 Å². The number of aryl methyl sites for hydroxylation is 2. The monoisotopic (exact) mass is 278 g/mol. The average molecular weight is 278 g/mol. The SMILES string of the molecule is CCCC(NC(=O)Cc1ccc(C)c(C)c1)C(N)=S. The number of nitrogens with one attached hydrogen (secondary N) is 1. The van der Waals surface area contributed by atoms with Crippen LogP contribution in [0.15, 0.2) is 18.2 Å². The van der Waals surface area contributed by atoms with Crippen molar-refractivity contribution >= 4 is 23.1 Å². The third-order valence-corrected chi connectivity index (χ3v) is 3.48. The number of thiocarbonyl (C=S) groups is 1. The first-order valence-corrected chi connectivity index (χ1v) is 6.99. The largest absolute Gasteiger partial charge is 0.392 e. The van der Waals surface area contributed by atoms with Crippen molar-refractivity contribution in [3.05, 3.63) is 34.9 Å². The number of hydrogen-bond donors (Lipinski definition) is 2. The molecule has 104 valence electrons. The van der Waals surface area contributed by atoms with Crippen LogP contribution in [0, 0.1) is 13.8 Å². The molecule has 0 aliphatic rings. The first-order valence-electron chi connectivity index (χ1n) is 6.58. The molecular formula is C15H22N2OS. The van der Waals surface area contributed by atoms with Crippen LogP contribution >= 0.6 is 12.2 Å². The number of carbonyl (C=O) groups is 1. The summed E-state index contributed by atoms with van der Waals surface area (Å²) in [6.45, 7) is 6.15. The summed E-state index contributed by atoms with van der Waals surface area (Å²) in [7, 11) is 0. The molecule has 1 amide bonds. The Morgan fingerprint density at radius 1 is 1.37 bits per heavy atom. The Hall–Kier alpha value is -1.42. The molecule has 0 fully saturated rings. The van der Waals surface area contributed by atoms with Crippen molar-refractivity contribution in [2.45, 2.75) is 46.1 Å². The van der Waals surface area contributed by atoms with E-state index in [0.717, 1.165) is 18.4 Å². The van der Waals surface area contributed by atoms with Crippen LogP contribution in [-0.4, -0.2) is 16.9 Å². The molecule has 0 aromatic heterocycles. The molecule has 0 spiro atoms. The topological polar surface area (TPSA) is 55.1 Å². The van der Waals surface area contributed by atoms with Crippen molar-refractivity contribution in [2.24, 2.45) is 5.73 Å². The van der Waals surface area contributed by atoms with Crippen LogP contribution in [0.3, 0.4) is 0 Å². The zero-order valence-corrected chi connectivity index (χ0v) is 12.6. The quantitative estimate of drug-likeness (QED) is 0.786. The van der Waals surface area contributed by atoms with Gasteiger partial charge in [0, 0.05) is 0 Å². The average Bonchev–Trinajstić information content (AvgIpc) is 2.33. The minimum absolute atomic E-state index is 0.0329. The van der Waals surface area contributed by atoms with Gasteiger partial charge in [0.05, 0.1) is 17.5 Å². The van der Waals surface area contributed by atoms with Gasteiger partial charge in [0.15, 0.2) is 0 Å². The van der Waals surface area contributed by atoms with E-state index >= 15 is 0 Å². The van der Waals surface area contributed by atoms with E-state index in [0.29, 0.717) is 11.4 Å². The lowest BCUT2D eigenvalue weighted by atomic mass is 10.0. The Bertz CT molecular complexity index is 471. The molecule has 0 aliphatic heterocycles. The second-order valence-electron chi connectivity index (χ2n) is 4.91. The lowest BCUT2D eigenvalue weighted by Crippen LogP contribution is -2.43. The summed E-state index contributed by atoms with van der Waals surface area (Å²) in [6.07, 6.45) is 2.09. The number of rotatable bonds is 6. The minimum Gasteiger partial charge on any atom is -0.392 e. The predicted molar refractivity (Wildman–Crippen MR) is 83.2 cm³/mol. The molecule has 1 atom stereocenters. The second kappa shape index (κ2) is 7.24. The molecule has 0 saturated carbocycles. The molecule has 1 aromatic rings. The third kappa shape index (κ3) is 4.99. The molecule has 0 heterocycles. The molecule has 0 radical (unpaired) electrons. The van der Waals surface area contributed by atoms with Crippen molar-refractivity contribution in [3.8, 4) is 0 Å². The van der Waals surface area contributed by atoms with Crippen LogP contribution in [0.2, 0.25) is 0 Å². The van der Waals surface area contributed by atoms with Crippen molar-refractivity contribution < 1.29 is 4.79 Å². The maximum Gasteiger partial charge on any atom is 0.224 e. The van der Waals surface area contributed by atoms with E-state index in [2.05, 4.69) is 12.2 Å². The smallest absolute Gasteiger partial charge is 0.224 e. The van der Waals surface area contributed by atoms with E-state index in [1.807, 2.05) is 32.0 Å². The zero-order valence-electron chi connectivity index (χ0n) is 11.8. The summed E-state index contributed by atoms with van der Waals surface area (Å²) in [6, 6.07) is 5.87. The summed E-state index contributed by atoms with van der Waals surface area (Å²) in [5.74, 6) is -0.0329. The number of amides is 1. The van der Waals surface area contributed by atoms with Crippen LogP contribution in [0.5, 0.6) is 0 Å². The summed E-state index contributed by atoms with van der Waals surface area (Å²) < 4.78 is 0. The fraction of sp³-hybridized carbons (Fsp3) is 0.467. The highest BCUT2D eigenvalue weighted by Crippen LogP contribution is 2.10. The summed E-state index contributed by atoms with van der Waals surface area (Å²) in [5.41, 5.74) is 9.07. The van der Waals surface area contributed by atoms with Crippen molar-refractivity contribution in [1.29, 1.82) is 0 Å². The minimum atomic E-state index is -0.195. The summed E-state index contributed by atoms with van der Waals surface area (Å²) in [5, 5.41) is 2.89. The molecule has 3 N–H and O–H groups in total. The maximum atomic E-state index is 12.0. The number of carbonyl (C=O) groups excluding carboxylic acids is 1. The highest BCUT2D eigenvalue weighted by Gasteiger charge is 2.14. The molecule has 0 saturated heterocycles. The summed E-state index contributed by atoms with van der Waals surface area (Å²) in [4.78, 5) is 12.3. The molecule has 4 heteroatoms. The van der Waals surface area contributed by atoms with Gasteiger partial charge in [-0.15, -0.1) is 0 Å². The normalized spacial score (nSPS) is 11.9. The Kier molecular flexibility index (Phi) is 5.96. The Labute approximate surface area is 120 Å². The first kappa shape index (κ1) is 15.6. The van der Waals surface area contributed by atoms with Gasteiger partial charge in [-0.3, -0.25) is 4.79 Å². The highest BCUT2D eigenvalue weighted by atomic mass is 32.1. The van der Waals surface area contributed by atoms with Gasteiger partial charge in [0.1, 0.15) is 0 Å². The van der Waals surface area contributed by atoms with Gasteiger partial charge >= 0.3 is 0 Å². The number of nitrogens with two attached hydrogens (primary N) is 1. The van der Waals surface area contributed by atoms with Gasteiger partial charge in [-0.1, -0.05) is 43.8 Å². The number of benzene rings is 1. The maximum absolute atomic E-state index is 12.0. The van der Waals surface area contributed by atoms with Gasteiger partial charge in [0.25, 0.3) is 0 Å². The van der Waals surface area contributed by atoms with Crippen LogP contribution in [0.1, 0.15) is 36.5 Å². The van der Waals surface area contributed by atoms with Gasteiger partial charge < -0.3 is 11.1 Å². The van der Waals surface area contributed by atoms with E-state index in [9.17, 15) is 4.79 Å². The van der Waals surface area contributed by atoms with Gasteiger partial charge in [-0.2, -0.15) is 0 Å². The van der Waals surface area contributed by atoms with E-state index in [1.165, 1.54) is 11.1 Å². The Balaban J connectivity index is 2.63. The molecule has 19 heavy (non-hydrogen) atoms. The van der Waals surface area contributed by atoms with Crippen LogP contribution < -0.4 is 11.1 Å². The van der Waals surface area contributed by atoms with Crippen molar-refractivity contribution in [2.75, 3.05) is 0 Å². The Morgan fingerprint density at radius 2 is 2.05 bits per heavy atom. The predicted octanol–water partition coefficient (Wildman–Crippen LogP) is 2.42. The lowest BCUT2D eigenvalue weighted by Gasteiger charge is -2.16. The van der Waals surface area contributed by atoms with E-state index < -0.39 is 0 Å². The Morgan fingerprint density at radius 3 is 2.58 bits per heavy atom. The fourth-order valence-corrected chi connectivity index (χ4v) is 2.10. The fourth-order valence-electron chi connectivity index (χ4n) is 1.92. The standard InChI is InChI=1S/C15H22N2OS/c1-4-5-13(15(16)19)17-14(18)9-12-7-6-10(2)11(3)8-12/h6-8,13H,4-5,9H2,1-3H3,(H2,16,19)(H,17,18). The third-order valence-electron chi connectivity index (χ3n) is 3.19. The van der Waals surface area contributed by atoms with Gasteiger partial charge in [0.2, 0.25) is 5.91 Å².